The first-order valence-corrected chi connectivity index (χ1v) is 6.35. The highest BCUT2D eigenvalue weighted by Crippen LogP contribution is 2.36. The number of Topliss-reactive ketones (excluding diaryl/α,β-unsaturated/α-hetero) is 1. The van der Waals surface area contributed by atoms with Crippen LogP contribution >= 0.6 is 23.2 Å². The molecule has 0 saturated heterocycles. The first kappa shape index (κ1) is 16.4. The zero-order valence-electron chi connectivity index (χ0n) is 10.7. The van der Waals surface area contributed by atoms with Gasteiger partial charge in [0.2, 0.25) is 0 Å². The Bertz CT molecular complexity index is 550. The molecule has 0 heterocycles. The van der Waals surface area contributed by atoms with Gasteiger partial charge in [-0.25, -0.2) is 0 Å². The van der Waals surface area contributed by atoms with Gasteiger partial charge in [0.1, 0.15) is 11.7 Å². The van der Waals surface area contributed by atoms with Crippen molar-refractivity contribution in [3.8, 4) is 0 Å². The van der Waals surface area contributed by atoms with E-state index in [9.17, 15) is 19.7 Å². The Balaban J connectivity index is 3.38. The van der Waals surface area contributed by atoms with Gasteiger partial charge in [0.25, 0.3) is 5.69 Å². The Morgan fingerprint density at radius 2 is 1.85 bits per heavy atom. The van der Waals surface area contributed by atoms with Crippen molar-refractivity contribution in [3.05, 3.63) is 37.9 Å². The third-order valence-corrected chi connectivity index (χ3v) is 3.12. The molecule has 8 heteroatoms. The van der Waals surface area contributed by atoms with Crippen LogP contribution in [0.1, 0.15) is 25.3 Å². The van der Waals surface area contributed by atoms with Crippen molar-refractivity contribution in [2.45, 2.75) is 19.8 Å². The van der Waals surface area contributed by atoms with Crippen LogP contribution in [0.15, 0.2) is 12.1 Å². The molecule has 108 valence electrons. The number of benzene rings is 1. The van der Waals surface area contributed by atoms with E-state index >= 15 is 0 Å². The maximum absolute atomic E-state index is 11.8. The number of hydrogen-bond acceptors (Lipinski definition) is 5. The number of hydrogen-bond donors (Lipinski definition) is 0. The lowest BCUT2D eigenvalue weighted by atomic mass is 9.95. The van der Waals surface area contributed by atoms with Crippen molar-refractivity contribution in [3.63, 3.8) is 0 Å². The monoisotopic (exact) mass is 319 g/mol. The number of nitrogens with zero attached hydrogens (tertiary/aromatic N) is 1. The van der Waals surface area contributed by atoms with E-state index in [1.807, 2.05) is 0 Å². The van der Waals surface area contributed by atoms with Crippen molar-refractivity contribution in [1.29, 1.82) is 0 Å². The molecule has 0 bridgehead atoms. The molecule has 6 nitrogen and oxygen atoms in total. The Morgan fingerprint density at radius 3 is 2.20 bits per heavy atom. The smallest absolute Gasteiger partial charge is 0.321 e. The van der Waals surface area contributed by atoms with Gasteiger partial charge in [-0.1, -0.05) is 23.2 Å². The lowest BCUT2D eigenvalue weighted by Crippen LogP contribution is -2.23. The number of carbonyl (C=O) groups excluding carboxylic acids is 2. The van der Waals surface area contributed by atoms with Crippen LogP contribution in [0.3, 0.4) is 0 Å². The maximum Gasteiger partial charge on any atom is 0.321 e. The van der Waals surface area contributed by atoms with Crippen LogP contribution in [0.2, 0.25) is 10.0 Å². The highest BCUT2D eigenvalue weighted by molar-refractivity contribution is 6.37. The zero-order valence-corrected chi connectivity index (χ0v) is 12.2. The molecular formula is C12H11Cl2NO5. The number of non-ortho nitro benzene ring substituents is 1. The summed E-state index contributed by atoms with van der Waals surface area (Å²) in [7, 11) is 0. The summed E-state index contributed by atoms with van der Waals surface area (Å²) < 4.78 is 4.80. The molecule has 0 fully saturated rings. The third-order valence-electron chi connectivity index (χ3n) is 2.49. The second-order valence-corrected chi connectivity index (χ2v) is 4.69. The molecule has 0 N–H and O–H groups in total. The van der Waals surface area contributed by atoms with Gasteiger partial charge in [-0.3, -0.25) is 19.7 Å². The van der Waals surface area contributed by atoms with Gasteiger partial charge in [0.05, 0.1) is 21.6 Å². The highest BCUT2D eigenvalue weighted by atomic mass is 35.5. The van der Waals surface area contributed by atoms with E-state index in [4.69, 9.17) is 27.9 Å². The molecule has 0 spiro atoms. The van der Waals surface area contributed by atoms with Gasteiger partial charge in [-0.2, -0.15) is 0 Å². The largest absolute Gasteiger partial charge is 0.465 e. The van der Waals surface area contributed by atoms with Gasteiger partial charge in [0.15, 0.2) is 0 Å². The number of nitro benzene ring substituents is 1. The van der Waals surface area contributed by atoms with Crippen molar-refractivity contribution in [2.24, 2.45) is 0 Å². The average Bonchev–Trinajstić information content (AvgIpc) is 2.32. The summed E-state index contributed by atoms with van der Waals surface area (Å²) in [5.41, 5.74) is -0.306. The first-order valence-electron chi connectivity index (χ1n) is 5.60. The standard InChI is InChI=1S/C12H11Cl2NO5/c1-3-20-12(17)10(6(2)16)11-8(13)4-7(15(18)19)5-9(11)14/h4-5,10H,3H2,1-2H3. The number of esters is 1. The minimum absolute atomic E-state index is 0.0184. The molecule has 0 saturated carbocycles. The van der Waals surface area contributed by atoms with Crippen molar-refractivity contribution in [1.82, 2.24) is 0 Å². The predicted molar refractivity (Wildman–Crippen MR) is 73.2 cm³/mol. The number of nitro groups is 1. The van der Waals surface area contributed by atoms with E-state index in [1.165, 1.54) is 6.92 Å². The quantitative estimate of drug-likeness (QED) is 0.360. The molecule has 1 rings (SSSR count). The molecule has 0 aliphatic heterocycles. The second kappa shape index (κ2) is 6.67. The van der Waals surface area contributed by atoms with Gasteiger partial charge < -0.3 is 4.74 Å². The molecular weight excluding hydrogens is 309 g/mol. The Hall–Kier alpha value is -1.66. The summed E-state index contributed by atoms with van der Waals surface area (Å²) in [6.45, 7) is 2.87. The summed E-state index contributed by atoms with van der Waals surface area (Å²) in [5, 5.41) is 10.4. The number of ether oxygens (including phenoxy) is 1. The lowest BCUT2D eigenvalue weighted by Gasteiger charge is -2.15. The molecule has 0 aliphatic rings. The van der Waals surface area contributed by atoms with Crippen LogP contribution in [0.25, 0.3) is 0 Å². The van der Waals surface area contributed by atoms with Crippen molar-refractivity contribution < 1.29 is 19.2 Å². The Kier molecular flexibility index (Phi) is 5.47. The molecule has 20 heavy (non-hydrogen) atoms. The number of carbonyl (C=O) groups is 2. The summed E-state index contributed by atoms with van der Waals surface area (Å²) in [6, 6.07) is 2.08. The Morgan fingerprint density at radius 1 is 1.35 bits per heavy atom. The van der Waals surface area contributed by atoms with Crippen molar-refractivity contribution >= 4 is 40.6 Å². The molecule has 1 atom stereocenters. The van der Waals surface area contributed by atoms with Crippen molar-refractivity contribution in [2.75, 3.05) is 6.61 Å². The molecule has 1 aromatic rings. The minimum atomic E-state index is -1.30. The topological polar surface area (TPSA) is 86.5 Å². The molecule has 0 aliphatic carbocycles. The highest BCUT2D eigenvalue weighted by Gasteiger charge is 2.32. The third kappa shape index (κ3) is 3.46. The summed E-state index contributed by atoms with van der Waals surface area (Å²) in [6.07, 6.45) is 0. The first-order chi connectivity index (χ1) is 9.29. The van der Waals surface area contributed by atoms with Gasteiger partial charge in [-0.15, -0.1) is 0 Å². The molecule has 0 aromatic heterocycles. The molecule has 1 unspecified atom stereocenters. The SMILES string of the molecule is CCOC(=O)C(C(C)=O)c1c(Cl)cc([N+](=O)[O-])cc1Cl. The van der Waals surface area contributed by atoms with Gasteiger partial charge in [-0.05, 0) is 13.8 Å². The van der Waals surface area contributed by atoms with E-state index in [1.54, 1.807) is 6.92 Å². The van der Waals surface area contributed by atoms with E-state index < -0.39 is 22.6 Å². The van der Waals surface area contributed by atoms with Gasteiger partial charge >= 0.3 is 5.97 Å². The lowest BCUT2D eigenvalue weighted by molar-refractivity contribution is -0.384. The molecule has 0 amide bonds. The normalized spacial score (nSPS) is 11.8. The maximum atomic E-state index is 11.8. The fraction of sp³-hybridized carbons (Fsp3) is 0.333. The van der Waals surface area contributed by atoms with Gasteiger partial charge in [0, 0.05) is 17.7 Å². The van der Waals surface area contributed by atoms with E-state index in [2.05, 4.69) is 0 Å². The van der Waals surface area contributed by atoms with Crippen LogP contribution in [0, 0.1) is 10.1 Å². The summed E-state index contributed by atoms with van der Waals surface area (Å²) in [4.78, 5) is 33.5. The van der Waals surface area contributed by atoms with Crippen LogP contribution in [-0.2, 0) is 14.3 Å². The van der Waals surface area contributed by atoms with Crippen LogP contribution in [-0.4, -0.2) is 23.3 Å². The van der Waals surface area contributed by atoms with Crippen LogP contribution in [0.5, 0.6) is 0 Å². The zero-order chi connectivity index (χ0) is 15.4. The summed E-state index contributed by atoms with van der Waals surface area (Å²) >= 11 is 11.8. The fourth-order valence-corrected chi connectivity index (χ4v) is 2.36. The average molecular weight is 320 g/mol. The van der Waals surface area contributed by atoms with E-state index in [0.717, 1.165) is 12.1 Å². The number of halogens is 2. The van der Waals surface area contributed by atoms with Crippen LogP contribution < -0.4 is 0 Å². The van der Waals surface area contributed by atoms with Crippen LogP contribution in [0.4, 0.5) is 5.69 Å². The second-order valence-electron chi connectivity index (χ2n) is 3.88. The minimum Gasteiger partial charge on any atom is -0.465 e. The van der Waals surface area contributed by atoms with E-state index in [0.29, 0.717) is 0 Å². The van der Waals surface area contributed by atoms with E-state index in [-0.39, 0.29) is 27.9 Å². The molecule has 1 aromatic carbocycles. The predicted octanol–water partition coefficient (Wildman–Crippen LogP) is 3.14. The fourth-order valence-electron chi connectivity index (χ4n) is 1.66. The number of rotatable bonds is 5. The summed E-state index contributed by atoms with van der Waals surface area (Å²) in [5.74, 6) is -2.60. The molecule has 0 radical (unpaired) electrons. The Labute approximate surface area is 124 Å². The number of ketones is 1.